The first-order chi connectivity index (χ1) is 19.9. The summed E-state index contributed by atoms with van der Waals surface area (Å²) in [6.45, 7) is -1.91. The molecule has 0 atom stereocenters. The van der Waals surface area contributed by atoms with Crippen molar-refractivity contribution < 1.29 is 35.9 Å². The summed E-state index contributed by atoms with van der Waals surface area (Å²) in [5.74, 6) is -1.66. The number of hydrogen-bond acceptors (Lipinski definition) is 7. The summed E-state index contributed by atoms with van der Waals surface area (Å²) < 4.78 is 82.6. The summed E-state index contributed by atoms with van der Waals surface area (Å²) >= 11 is 0. The van der Waals surface area contributed by atoms with Gasteiger partial charge in [-0.2, -0.15) is 26.3 Å². The standard InChI is InChI=1S/C23H15F6N3O2.C5H4N2O/c24-22(25,26)12-34-20-9-19-18(8-16(20)23(27,28)29)32-21(33)10-17(31-19)14-4-1-3-13(7-14)15-5-2-6-30-11-15;8-5-4-6-2-1-3-7-5/h1-9,11H,10,12H2,(H,32,33);1-4H. The summed E-state index contributed by atoms with van der Waals surface area (Å²) in [4.78, 5) is 38.1. The molecular weight excluding hydrogens is 568 g/mol. The molecule has 0 saturated heterocycles. The number of halogens is 6. The SMILES string of the molecule is O=C1CC(c2cccc(-c3cccnc3)c2)=Nc2cc(OCC(F)(F)F)c(C(F)(F)F)cc2N1.O=c1cncccn1. The molecule has 5 rings (SSSR count). The lowest BCUT2D eigenvalue weighted by atomic mass is 10.0. The number of hydrogen-bond donors (Lipinski definition) is 1. The highest BCUT2D eigenvalue weighted by Gasteiger charge is 2.38. The summed E-state index contributed by atoms with van der Waals surface area (Å²) in [5, 5.41) is 2.34. The lowest BCUT2D eigenvalue weighted by Crippen LogP contribution is -2.21. The van der Waals surface area contributed by atoms with Crippen molar-refractivity contribution in [2.45, 2.75) is 18.8 Å². The number of carbonyl (C=O) groups is 1. The molecule has 0 radical (unpaired) electrons. The van der Waals surface area contributed by atoms with E-state index >= 15 is 0 Å². The first-order valence-corrected chi connectivity index (χ1v) is 12.0. The molecule has 3 heterocycles. The zero-order chi connectivity index (χ0) is 30.3. The molecule has 2 aromatic carbocycles. The number of anilines is 1. The molecule has 8 nitrogen and oxygen atoms in total. The van der Waals surface area contributed by atoms with Crippen LogP contribution in [0, 0.1) is 0 Å². The van der Waals surface area contributed by atoms with E-state index in [1.807, 2.05) is 12.1 Å². The van der Waals surface area contributed by atoms with Crippen molar-refractivity contribution in [1.29, 1.82) is 0 Å². The van der Waals surface area contributed by atoms with Crippen molar-refractivity contribution in [3.8, 4) is 16.9 Å². The largest absolute Gasteiger partial charge is 0.483 e. The summed E-state index contributed by atoms with van der Waals surface area (Å²) in [7, 11) is 0. The molecule has 42 heavy (non-hydrogen) atoms. The average molecular weight is 587 g/mol. The number of pyridine rings is 1. The van der Waals surface area contributed by atoms with Gasteiger partial charge in [-0.15, -0.1) is 0 Å². The van der Waals surface area contributed by atoms with Crippen molar-refractivity contribution in [1.82, 2.24) is 15.0 Å². The van der Waals surface area contributed by atoms with Crippen LogP contribution in [0.15, 0.2) is 95.4 Å². The molecular formula is C28H19F6N5O3. The van der Waals surface area contributed by atoms with Gasteiger partial charge in [-0.05, 0) is 35.4 Å². The van der Waals surface area contributed by atoms with E-state index in [1.165, 1.54) is 18.6 Å². The van der Waals surface area contributed by atoms with Crippen molar-refractivity contribution in [3.05, 3.63) is 107 Å². The van der Waals surface area contributed by atoms with Crippen LogP contribution in [0.5, 0.6) is 5.75 Å². The number of fused-ring (bicyclic) bond motifs is 1. The summed E-state index contributed by atoms with van der Waals surface area (Å²) in [6, 6.07) is 13.4. The summed E-state index contributed by atoms with van der Waals surface area (Å²) in [6.07, 6.45) is -2.78. The topological polar surface area (TPSA) is 106 Å². The Hall–Kier alpha value is -5.14. The molecule has 1 aliphatic heterocycles. The first kappa shape index (κ1) is 29.8. The molecule has 0 fully saturated rings. The molecule has 1 aliphatic rings. The molecule has 0 unspecified atom stereocenters. The minimum atomic E-state index is -5.02. The molecule has 1 amide bonds. The number of carbonyl (C=O) groups excluding carboxylic acids is 1. The Morgan fingerprint density at radius 2 is 1.52 bits per heavy atom. The number of benzene rings is 2. The molecule has 0 bridgehead atoms. The predicted molar refractivity (Wildman–Crippen MR) is 140 cm³/mol. The van der Waals surface area contributed by atoms with Crippen molar-refractivity contribution >= 4 is 23.0 Å². The van der Waals surface area contributed by atoms with Crippen LogP contribution in [-0.4, -0.2) is 39.4 Å². The number of amides is 1. The Labute approximate surface area is 233 Å². The van der Waals surface area contributed by atoms with Gasteiger partial charge in [0.05, 0.1) is 35.3 Å². The first-order valence-electron chi connectivity index (χ1n) is 12.0. The van der Waals surface area contributed by atoms with E-state index in [9.17, 15) is 35.9 Å². The summed E-state index contributed by atoms with van der Waals surface area (Å²) in [5.41, 5.74) is 0.0994. The Morgan fingerprint density at radius 1 is 0.810 bits per heavy atom. The van der Waals surface area contributed by atoms with Crippen LogP contribution >= 0.6 is 0 Å². The van der Waals surface area contributed by atoms with Gasteiger partial charge in [0, 0.05) is 36.4 Å². The molecule has 0 saturated carbocycles. The number of aliphatic imine (C=N–C) groups is 1. The fourth-order valence-corrected chi connectivity index (χ4v) is 3.72. The van der Waals surface area contributed by atoms with Gasteiger partial charge in [0.15, 0.2) is 6.61 Å². The van der Waals surface area contributed by atoms with Gasteiger partial charge < -0.3 is 10.1 Å². The monoisotopic (exact) mass is 587 g/mol. The maximum Gasteiger partial charge on any atom is 0.422 e. The molecule has 4 aromatic rings. The third-order valence-corrected chi connectivity index (χ3v) is 5.49. The van der Waals surface area contributed by atoms with E-state index in [1.54, 1.807) is 42.7 Å². The fourth-order valence-electron chi connectivity index (χ4n) is 3.72. The maximum absolute atomic E-state index is 13.5. The van der Waals surface area contributed by atoms with Crippen molar-refractivity contribution in [2.24, 2.45) is 4.99 Å². The minimum absolute atomic E-state index is 0.155. The Bertz CT molecular complexity index is 1640. The van der Waals surface area contributed by atoms with Gasteiger partial charge in [-0.3, -0.25) is 19.6 Å². The Balaban J connectivity index is 0.000000437. The molecule has 1 N–H and O–H groups in total. The molecule has 216 valence electrons. The minimum Gasteiger partial charge on any atom is -0.483 e. The number of nitrogens with zero attached hydrogens (tertiary/aromatic N) is 4. The normalized spacial score (nSPS) is 13.0. The van der Waals surface area contributed by atoms with Crippen LogP contribution in [0.4, 0.5) is 37.7 Å². The molecule has 2 aromatic heterocycles. The predicted octanol–water partition coefficient (Wildman–Crippen LogP) is 6.01. The van der Waals surface area contributed by atoms with E-state index in [2.05, 4.69) is 30.0 Å². The smallest absolute Gasteiger partial charge is 0.422 e. The number of ether oxygens (including phenoxy) is 1. The van der Waals surface area contributed by atoms with E-state index in [0.29, 0.717) is 11.6 Å². The molecule has 0 aliphatic carbocycles. The van der Waals surface area contributed by atoms with Crippen LogP contribution in [0.25, 0.3) is 11.1 Å². The quantitative estimate of drug-likeness (QED) is 0.293. The zero-order valence-electron chi connectivity index (χ0n) is 21.3. The highest BCUT2D eigenvalue weighted by molar-refractivity contribution is 6.17. The fraction of sp³-hybridized carbons (Fsp3) is 0.143. The second-order valence-corrected chi connectivity index (χ2v) is 8.61. The van der Waals surface area contributed by atoms with Gasteiger partial charge in [-0.25, -0.2) is 9.98 Å². The number of alkyl halides is 6. The zero-order valence-corrected chi connectivity index (χ0v) is 21.3. The van der Waals surface area contributed by atoms with E-state index in [4.69, 9.17) is 0 Å². The van der Waals surface area contributed by atoms with Crippen LogP contribution < -0.4 is 15.6 Å². The number of aromatic nitrogens is 3. The van der Waals surface area contributed by atoms with E-state index in [0.717, 1.165) is 17.2 Å². The van der Waals surface area contributed by atoms with Gasteiger partial charge in [-0.1, -0.05) is 24.3 Å². The van der Waals surface area contributed by atoms with Crippen molar-refractivity contribution in [3.63, 3.8) is 0 Å². The second kappa shape index (κ2) is 12.6. The third-order valence-electron chi connectivity index (χ3n) is 5.49. The molecule has 0 spiro atoms. The Morgan fingerprint density at radius 3 is 2.24 bits per heavy atom. The lowest BCUT2D eigenvalue weighted by molar-refractivity contribution is -0.158. The van der Waals surface area contributed by atoms with Crippen LogP contribution in [0.1, 0.15) is 17.5 Å². The lowest BCUT2D eigenvalue weighted by Gasteiger charge is -2.17. The van der Waals surface area contributed by atoms with Gasteiger partial charge in [0.2, 0.25) is 5.91 Å². The van der Waals surface area contributed by atoms with Crippen LogP contribution in [0.3, 0.4) is 0 Å². The van der Waals surface area contributed by atoms with E-state index < -0.39 is 36.2 Å². The van der Waals surface area contributed by atoms with Crippen LogP contribution in [0.2, 0.25) is 0 Å². The van der Waals surface area contributed by atoms with Crippen LogP contribution in [-0.2, 0) is 11.0 Å². The molecule has 14 heteroatoms. The van der Waals surface area contributed by atoms with Gasteiger partial charge in [0.25, 0.3) is 5.56 Å². The second-order valence-electron chi connectivity index (χ2n) is 8.61. The number of nitrogens with one attached hydrogen (secondary N) is 1. The highest BCUT2D eigenvalue weighted by atomic mass is 19.4. The Kier molecular flexibility index (Phi) is 8.93. The number of rotatable bonds is 4. The van der Waals surface area contributed by atoms with Gasteiger partial charge >= 0.3 is 12.4 Å². The van der Waals surface area contributed by atoms with E-state index in [-0.39, 0.29) is 29.1 Å². The average Bonchev–Trinajstić information content (AvgIpc) is 3.28. The third kappa shape index (κ3) is 8.19. The van der Waals surface area contributed by atoms with Gasteiger partial charge in [0.1, 0.15) is 5.75 Å². The highest BCUT2D eigenvalue weighted by Crippen LogP contribution is 2.43. The van der Waals surface area contributed by atoms with Crippen molar-refractivity contribution in [2.75, 3.05) is 11.9 Å². The maximum atomic E-state index is 13.5.